The fourth-order valence-corrected chi connectivity index (χ4v) is 2.52. The first kappa shape index (κ1) is 8.23. The number of hydrogen-bond acceptors (Lipinski definition) is 3. The van der Waals surface area contributed by atoms with Crippen molar-refractivity contribution in [1.29, 1.82) is 0 Å². The van der Waals surface area contributed by atoms with Gasteiger partial charge in [0.25, 0.3) is 0 Å². The molecule has 12 heavy (non-hydrogen) atoms. The highest BCUT2D eigenvalue weighted by Crippen LogP contribution is 2.38. The Bertz CT molecular complexity index is 436. The average molecular weight is 217 g/mol. The topological polar surface area (TPSA) is 20.2 Å². The molecule has 1 aromatic carbocycles. The van der Waals surface area contributed by atoms with Gasteiger partial charge in [0, 0.05) is 0 Å². The quantitative estimate of drug-likeness (QED) is 0.646. The van der Waals surface area contributed by atoms with Gasteiger partial charge in [-0.15, -0.1) is 24.0 Å². The summed E-state index contributed by atoms with van der Waals surface area (Å²) in [6.07, 6.45) is 0. The first-order valence-corrected chi connectivity index (χ1v) is 4.92. The van der Waals surface area contributed by atoms with Crippen LogP contribution in [0.25, 0.3) is 10.1 Å². The Hall–Kier alpha value is -0.380. The van der Waals surface area contributed by atoms with Crippen molar-refractivity contribution in [2.24, 2.45) is 0 Å². The van der Waals surface area contributed by atoms with E-state index in [1.54, 1.807) is 6.07 Å². The molecular weight excluding hydrogens is 212 g/mol. The lowest BCUT2D eigenvalue weighted by atomic mass is 10.2. The molecule has 0 radical (unpaired) electrons. The van der Waals surface area contributed by atoms with Crippen LogP contribution in [0.5, 0.6) is 5.75 Å². The zero-order valence-electron chi connectivity index (χ0n) is 5.91. The summed E-state index contributed by atoms with van der Waals surface area (Å²) in [5.41, 5.74) is 0. The highest BCUT2D eigenvalue weighted by Gasteiger charge is 2.06. The second-order valence-electron chi connectivity index (χ2n) is 2.40. The maximum atomic E-state index is 9.52. The van der Waals surface area contributed by atoms with Crippen molar-refractivity contribution in [3.63, 3.8) is 0 Å². The van der Waals surface area contributed by atoms with Gasteiger partial charge in [0.2, 0.25) is 0 Å². The van der Waals surface area contributed by atoms with Crippen LogP contribution in [0.15, 0.2) is 22.4 Å². The molecule has 1 N–H and O–H groups in total. The molecule has 0 amide bonds. The zero-order valence-corrected chi connectivity index (χ0v) is 8.38. The zero-order chi connectivity index (χ0) is 8.72. The highest BCUT2D eigenvalue weighted by atomic mass is 35.5. The Kier molecular flexibility index (Phi) is 1.94. The summed E-state index contributed by atoms with van der Waals surface area (Å²) < 4.78 is 1.68. The molecular formula is C8H5ClOS2. The molecule has 0 spiro atoms. The third-order valence-electron chi connectivity index (χ3n) is 1.60. The van der Waals surface area contributed by atoms with Crippen LogP contribution in [0.4, 0.5) is 0 Å². The largest absolute Gasteiger partial charge is 0.505 e. The lowest BCUT2D eigenvalue weighted by molar-refractivity contribution is 0.483. The molecule has 1 heterocycles. The van der Waals surface area contributed by atoms with Crippen molar-refractivity contribution in [3.8, 4) is 5.75 Å². The first-order valence-electron chi connectivity index (χ1n) is 3.28. The fourth-order valence-electron chi connectivity index (χ4n) is 1.05. The van der Waals surface area contributed by atoms with E-state index in [0.717, 1.165) is 14.3 Å². The highest BCUT2D eigenvalue weighted by molar-refractivity contribution is 7.83. The minimum absolute atomic E-state index is 0.152. The maximum absolute atomic E-state index is 9.52. The predicted molar refractivity (Wildman–Crippen MR) is 55.8 cm³/mol. The molecule has 2 aromatic rings. The van der Waals surface area contributed by atoms with Gasteiger partial charge in [-0.1, -0.05) is 17.7 Å². The van der Waals surface area contributed by atoms with Crippen molar-refractivity contribution < 1.29 is 5.11 Å². The van der Waals surface area contributed by atoms with Gasteiger partial charge >= 0.3 is 0 Å². The smallest absolute Gasteiger partial charge is 0.151 e. The van der Waals surface area contributed by atoms with Gasteiger partial charge in [0.1, 0.15) is 0 Å². The summed E-state index contributed by atoms with van der Waals surface area (Å²) in [5, 5.41) is 10.9. The number of halogens is 1. The summed E-state index contributed by atoms with van der Waals surface area (Å²) in [6, 6.07) is 5.45. The van der Waals surface area contributed by atoms with Gasteiger partial charge in [0.15, 0.2) is 5.75 Å². The number of phenolic OH excluding ortho intramolecular Hbond substituents is 1. The van der Waals surface area contributed by atoms with E-state index < -0.39 is 0 Å². The van der Waals surface area contributed by atoms with Crippen LogP contribution in [0.2, 0.25) is 5.02 Å². The number of hydrogen-bond donors (Lipinski definition) is 2. The molecule has 0 saturated heterocycles. The Labute approximate surface area is 84.0 Å². The first-order chi connectivity index (χ1) is 5.68. The molecule has 62 valence electrons. The summed E-state index contributed by atoms with van der Waals surface area (Å²) in [5.74, 6) is 0.152. The minimum atomic E-state index is 0.152. The summed E-state index contributed by atoms with van der Waals surface area (Å²) in [6.45, 7) is 0. The van der Waals surface area contributed by atoms with Crippen LogP contribution in [-0.4, -0.2) is 5.11 Å². The van der Waals surface area contributed by atoms with Gasteiger partial charge < -0.3 is 5.11 Å². The van der Waals surface area contributed by atoms with Gasteiger partial charge in [-0.2, -0.15) is 0 Å². The number of benzene rings is 1. The standard InChI is InChI=1S/C8H5ClOS2/c9-5-2-1-4-3-6(11)12-8(4)7(5)10/h1-3,10-11H. The molecule has 0 fully saturated rings. The SMILES string of the molecule is Oc1c(Cl)ccc2cc(S)sc12. The van der Waals surface area contributed by atoms with E-state index in [1.807, 2.05) is 12.1 Å². The maximum Gasteiger partial charge on any atom is 0.151 e. The third-order valence-corrected chi connectivity index (χ3v) is 3.27. The number of thiophene rings is 1. The molecule has 2 rings (SSSR count). The number of rotatable bonds is 0. The van der Waals surface area contributed by atoms with E-state index in [4.69, 9.17) is 11.6 Å². The van der Waals surface area contributed by atoms with Crippen LogP contribution in [-0.2, 0) is 0 Å². The molecule has 0 saturated carbocycles. The van der Waals surface area contributed by atoms with Crippen molar-refractivity contribution in [2.45, 2.75) is 4.21 Å². The summed E-state index contributed by atoms with van der Waals surface area (Å²) in [7, 11) is 0. The Morgan fingerprint density at radius 1 is 1.42 bits per heavy atom. The van der Waals surface area contributed by atoms with Crippen molar-refractivity contribution >= 4 is 45.7 Å². The molecule has 0 unspecified atom stereocenters. The van der Waals surface area contributed by atoms with E-state index in [9.17, 15) is 5.11 Å². The van der Waals surface area contributed by atoms with E-state index in [-0.39, 0.29) is 5.75 Å². The van der Waals surface area contributed by atoms with Gasteiger partial charge in [-0.3, -0.25) is 0 Å². The van der Waals surface area contributed by atoms with Crippen LogP contribution in [0, 0.1) is 0 Å². The lowest BCUT2D eigenvalue weighted by Crippen LogP contribution is -1.67. The van der Waals surface area contributed by atoms with Crippen LogP contribution < -0.4 is 0 Å². The van der Waals surface area contributed by atoms with Gasteiger partial charge in [0.05, 0.1) is 13.9 Å². The second-order valence-corrected chi connectivity index (χ2v) is 4.64. The van der Waals surface area contributed by atoms with Gasteiger partial charge in [-0.05, 0) is 17.5 Å². The molecule has 0 aliphatic carbocycles. The predicted octanol–water partition coefficient (Wildman–Crippen LogP) is 3.55. The lowest BCUT2D eigenvalue weighted by Gasteiger charge is -1.95. The number of thiol groups is 1. The van der Waals surface area contributed by atoms with Crippen LogP contribution >= 0.6 is 35.6 Å². The fraction of sp³-hybridized carbons (Fsp3) is 0. The van der Waals surface area contributed by atoms with E-state index in [2.05, 4.69) is 12.6 Å². The van der Waals surface area contributed by atoms with E-state index >= 15 is 0 Å². The third kappa shape index (κ3) is 1.18. The van der Waals surface area contributed by atoms with Crippen molar-refractivity contribution in [2.75, 3.05) is 0 Å². The van der Waals surface area contributed by atoms with Gasteiger partial charge in [-0.25, -0.2) is 0 Å². The number of fused-ring (bicyclic) bond motifs is 1. The molecule has 0 bridgehead atoms. The van der Waals surface area contributed by atoms with Crippen molar-refractivity contribution in [3.05, 3.63) is 23.2 Å². The summed E-state index contributed by atoms with van der Waals surface area (Å²) in [4.78, 5) is 0. The molecule has 1 nitrogen and oxygen atoms in total. The average Bonchev–Trinajstić information content (AvgIpc) is 2.39. The monoisotopic (exact) mass is 216 g/mol. The Morgan fingerprint density at radius 2 is 2.17 bits per heavy atom. The normalized spacial score (nSPS) is 10.8. The number of aromatic hydroxyl groups is 1. The van der Waals surface area contributed by atoms with Crippen LogP contribution in [0.3, 0.4) is 0 Å². The second kappa shape index (κ2) is 2.83. The Morgan fingerprint density at radius 3 is 2.92 bits per heavy atom. The molecule has 0 atom stereocenters. The van der Waals surface area contributed by atoms with E-state index in [1.165, 1.54) is 11.3 Å². The molecule has 0 aliphatic heterocycles. The Balaban J connectivity index is 2.89. The van der Waals surface area contributed by atoms with E-state index in [0.29, 0.717) is 5.02 Å². The molecule has 4 heteroatoms. The summed E-state index contributed by atoms with van der Waals surface area (Å²) >= 11 is 11.3. The van der Waals surface area contributed by atoms with Crippen LogP contribution in [0.1, 0.15) is 0 Å². The minimum Gasteiger partial charge on any atom is -0.505 e. The molecule has 0 aliphatic rings. The van der Waals surface area contributed by atoms with Crippen molar-refractivity contribution in [1.82, 2.24) is 0 Å². The molecule has 1 aromatic heterocycles. The number of phenols is 1.